The van der Waals surface area contributed by atoms with Gasteiger partial charge in [-0.15, -0.1) is 0 Å². The molecule has 1 aromatic carbocycles. The van der Waals surface area contributed by atoms with E-state index in [0.717, 1.165) is 0 Å². The molecule has 0 aromatic heterocycles. The topological polar surface area (TPSA) is 68.1 Å². The monoisotopic (exact) mass is 251 g/mol. The molecule has 1 aromatic rings. The molecule has 5 nitrogen and oxygen atoms in total. The van der Waals surface area contributed by atoms with Crippen LogP contribution < -0.4 is 4.74 Å². The molecule has 1 rings (SSSR count). The van der Waals surface area contributed by atoms with Crippen molar-refractivity contribution in [1.82, 2.24) is 0 Å². The van der Waals surface area contributed by atoms with Crippen LogP contribution in [0.3, 0.4) is 0 Å². The Balaban J connectivity index is 2.53. The molecule has 0 spiro atoms. The van der Waals surface area contributed by atoms with Crippen LogP contribution in [-0.4, -0.2) is 29.6 Å². The van der Waals surface area contributed by atoms with E-state index < -0.39 is 11.6 Å². The number of hydrogen-bond acceptors (Lipinski definition) is 5. The second-order valence-electron chi connectivity index (χ2n) is 4.69. The van der Waals surface area contributed by atoms with Crippen molar-refractivity contribution in [1.29, 1.82) is 0 Å². The second-order valence-corrected chi connectivity index (χ2v) is 4.69. The minimum atomic E-state index is -0.522. The molecule has 1 N–H and O–H groups in total. The van der Waals surface area contributed by atoms with Gasteiger partial charge in [0.15, 0.2) is 6.61 Å². The van der Waals surface area contributed by atoms with Crippen molar-refractivity contribution in [2.45, 2.75) is 26.4 Å². The predicted molar refractivity (Wildman–Crippen MR) is 67.2 cm³/mol. The average molecular weight is 251 g/mol. The van der Waals surface area contributed by atoms with E-state index in [9.17, 15) is 4.79 Å². The number of oxime groups is 1. The van der Waals surface area contributed by atoms with E-state index in [0.29, 0.717) is 11.3 Å². The molecule has 0 saturated heterocycles. The molecular weight excluding hydrogens is 234 g/mol. The Kier molecular flexibility index (Phi) is 4.71. The van der Waals surface area contributed by atoms with E-state index in [1.807, 2.05) is 0 Å². The summed E-state index contributed by atoms with van der Waals surface area (Å²) in [5, 5.41) is 11.3. The van der Waals surface area contributed by atoms with Gasteiger partial charge in [0.25, 0.3) is 0 Å². The van der Waals surface area contributed by atoms with Gasteiger partial charge in [-0.1, -0.05) is 17.3 Å². The average Bonchev–Trinajstić information content (AvgIpc) is 2.25. The highest BCUT2D eigenvalue weighted by molar-refractivity contribution is 5.79. The van der Waals surface area contributed by atoms with Crippen LogP contribution in [0.15, 0.2) is 29.4 Å². The summed E-state index contributed by atoms with van der Waals surface area (Å²) in [6.45, 7) is 5.23. The lowest BCUT2D eigenvalue weighted by atomic mass is 10.2. The van der Waals surface area contributed by atoms with Gasteiger partial charge < -0.3 is 14.7 Å². The van der Waals surface area contributed by atoms with Crippen molar-refractivity contribution in [3.8, 4) is 5.75 Å². The summed E-state index contributed by atoms with van der Waals surface area (Å²) in [6.07, 6.45) is 1.28. The third kappa shape index (κ3) is 5.34. The van der Waals surface area contributed by atoms with E-state index in [2.05, 4.69) is 5.16 Å². The molecule has 0 radical (unpaired) electrons. The van der Waals surface area contributed by atoms with Gasteiger partial charge in [0.2, 0.25) is 0 Å². The number of ether oxygens (including phenoxy) is 2. The Bertz CT molecular complexity index is 435. The summed E-state index contributed by atoms with van der Waals surface area (Å²) in [6, 6.07) is 6.85. The lowest BCUT2D eigenvalue weighted by Gasteiger charge is -2.19. The van der Waals surface area contributed by atoms with Crippen LogP contribution in [0.5, 0.6) is 5.75 Å². The summed E-state index contributed by atoms with van der Waals surface area (Å²) in [5.74, 6) is 0.0852. The highest BCUT2D eigenvalue weighted by Crippen LogP contribution is 2.13. The van der Waals surface area contributed by atoms with Crippen LogP contribution in [0.1, 0.15) is 26.3 Å². The summed E-state index contributed by atoms with van der Waals surface area (Å²) in [4.78, 5) is 11.4. The standard InChI is InChI=1S/C13H17NO4/c1-13(2,3)18-12(15)9-17-11-6-4-5-10(7-11)8-14-16/h4-8,16H,9H2,1-3H3/b14-8-. The van der Waals surface area contributed by atoms with Crippen LogP contribution >= 0.6 is 0 Å². The lowest BCUT2D eigenvalue weighted by Crippen LogP contribution is -2.27. The largest absolute Gasteiger partial charge is 0.482 e. The van der Waals surface area contributed by atoms with Gasteiger partial charge in [-0.05, 0) is 38.5 Å². The third-order valence-electron chi connectivity index (χ3n) is 1.84. The fourth-order valence-electron chi connectivity index (χ4n) is 1.26. The van der Waals surface area contributed by atoms with Gasteiger partial charge in [0.1, 0.15) is 11.4 Å². The van der Waals surface area contributed by atoms with Crippen molar-refractivity contribution < 1.29 is 19.5 Å². The first-order valence-electron chi connectivity index (χ1n) is 5.53. The molecule has 0 unspecified atom stereocenters. The molecule has 0 amide bonds. The van der Waals surface area contributed by atoms with E-state index in [1.165, 1.54) is 6.21 Å². The highest BCUT2D eigenvalue weighted by Gasteiger charge is 2.16. The normalized spacial score (nSPS) is 11.5. The smallest absolute Gasteiger partial charge is 0.344 e. The molecule has 0 heterocycles. The Morgan fingerprint density at radius 1 is 1.44 bits per heavy atom. The van der Waals surface area contributed by atoms with Crippen molar-refractivity contribution in [3.63, 3.8) is 0 Å². The minimum absolute atomic E-state index is 0.156. The molecule has 98 valence electrons. The summed E-state index contributed by atoms with van der Waals surface area (Å²) in [7, 11) is 0. The first-order valence-corrected chi connectivity index (χ1v) is 5.53. The zero-order valence-corrected chi connectivity index (χ0v) is 10.7. The van der Waals surface area contributed by atoms with E-state index in [1.54, 1.807) is 45.0 Å². The lowest BCUT2D eigenvalue weighted by molar-refractivity contribution is -0.157. The number of esters is 1. The molecule has 0 saturated carbocycles. The van der Waals surface area contributed by atoms with Crippen molar-refractivity contribution in [2.24, 2.45) is 5.16 Å². The first kappa shape index (κ1) is 14.0. The number of hydrogen-bond donors (Lipinski definition) is 1. The molecule has 5 heteroatoms. The summed E-state index contributed by atoms with van der Waals surface area (Å²) in [5.41, 5.74) is 0.158. The second kappa shape index (κ2) is 6.05. The quantitative estimate of drug-likeness (QED) is 0.385. The molecule has 0 atom stereocenters. The Labute approximate surface area is 106 Å². The maximum absolute atomic E-state index is 11.4. The summed E-state index contributed by atoms with van der Waals surface area (Å²) < 4.78 is 10.4. The third-order valence-corrected chi connectivity index (χ3v) is 1.84. The molecular formula is C13H17NO4. The van der Waals surface area contributed by atoms with Gasteiger partial charge >= 0.3 is 5.97 Å². The highest BCUT2D eigenvalue weighted by atomic mass is 16.6. The van der Waals surface area contributed by atoms with Gasteiger partial charge in [0, 0.05) is 0 Å². The van der Waals surface area contributed by atoms with Crippen LogP contribution in [0.25, 0.3) is 0 Å². The van der Waals surface area contributed by atoms with Crippen LogP contribution in [-0.2, 0) is 9.53 Å². The van der Waals surface area contributed by atoms with Crippen LogP contribution in [0.2, 0.25) is 0 Å². The van der Waals surface area contributed by atoms with E-state index in [-0.39, 0.29) is 6.61 Å². The van der Waals surface area contributed by atoms with Crippen molar-refractivity contribution in [2.75, 3.05) is 6.61 Å². The first-order chi connectivity index (χ1) is 8.40. The van der Waals surface area contributed by atoms with Crippen LogP contribution in [0, 0.1) is 0 Å². The number of rotatable bonds is 4. The predicted octanol–water partition coefficient (Wildman–Crippen LogP) is 2.22. The van der Waals surface area contributed by atoms with Crippen LogP contribution in [0.4, 0.5) is 0 Å². The number of carbonyl (C=O) groups is 1. The number of nitrogens with zero attached hydrogens (tertiary/aromatic N) is 1. The molecule has 0 fully saturated rings. The zero-order valence-electron chi connectivity index (χ0n) is 10.7. The van der Waals surface area contributed by atoms with E-state index >= 15 is 0 Å². The Morgan fingerprint density at radius 3 is 2.78 bits per heavy atom. The van der Waals surface area contributed by atoms with Gasteiger partial charge in [0.05, 0.1) is 6.21 Å². The van der Waals surface area contributed by atoms with Gasteiger partial charge in [-0.3, -0.25) is 0 Å². The Hall–Kier alpha value is -2.04. The SMILES string of the molecule is CC(C)(C)OC(=O)COc1cccc(/C=N\O)c1. The fraction of sp³-hybridized carbons (Fsp3) is 0.385. The van der Waals surface area contributed by atoms with E-state index in [4.69, 9.17) is 14.7 Å². The molecule has 0 aliphatic heterocycles. The summed E-state index contributed by atoms with van der Waals surface area (Å²) >= 11 is 0. The number of benzene rings is 1. The maximum atomic E-state index is 11.4. The zero-order chi connectivity index (χ0) is 13.6. The van der Waals surface area contributed by atoms with Crippen molar-refractivity contribution >= 4 is 12.2 Å². The Morgan fingerprint density at radius 2 is 2.17 bits per heavy atom. The van der Waals surface area contributed by atoms with Gasteiger partial charge in [-0.25, -0.2) is 4.79 Å². The molecule has 0 aliphatic carbocycles. The number of carbonyl (C=O) groups excluding carboxylic acids is 1. The molecule has 18 heavy (non-hydrogen) atoms. The molecule has 0 aliphatic rings. The minimum Gasteiger partial charge on any atom is -0.482 e. The fourth-order valence-corrected chi connectivity index (χ4v) is 1.26. The maximum Gasteiger partial charge on any atom is 0.344 e. The van der Waals surface area contributed by atoms with Gasteiger partial charge in [-0.2, -0.15) is 0 Å². The molecule has 0 bridgehead atoms. The van der Waals surface area contributed by atoms with Crippen molar-refractivity contribution in [3.05, 3.63) is 29.8 Å².